The molecule has 1 saturated carbocycles. The van der Waals surface area contributed by atoms with E-state index >= 15 is 0 Å². The molecule has 1 aliphatic rings. The van der Waals surface area contributed by atoms with Crippen molar-refractivity contribution in [3.8, 4) is 17.2 Å². The lowest BCUT2D eigenvalue weighted by molar-refractivity contribution is 0.0997. The summed E-state index contributed by atoms with van der Waals surface area (Å²) in [6, 6.07) is 27.9. The van der Waals surface area contributed by atoms with Crippen molar-refractivity contribution >= 4 is 34.2 Å². The monoisotopic (exact) mass is 725 g/mol. The fraction of sp³-hybridized carbons (Fsp3) is 0.256. The van der Waals surface area contributed by atoms with Gasteiger partial charge in [0.15, 0.2) is 22.7 Å². The number of imidazole rings is 1. The number of benzene rings is 4. The molecular formula is C43H43N5O6. The van der Waals surface area contributed by atoms with Crippen LogP contribution in [0.3, 0.4) is 0 Å². The van der Waals surface area contributed by atoms with Crippen LogP contribution in [0.5, 0.6) is 11.5 Å². The van der Waals surface area contributed by atoms with Crippen molar-refractivity contribution < 1.29 is 23.5 Å². The number of methoxy groups -OCH3 is 2. The molecule has 0 bridgehead atoms. The fourth-order valence-electron chi connectivity index (χ4n) is 7.05. The van der Waals surface area contributed by atoms with Gasteiger partial charge < -0.3 is 29.1 Å². The minimum Gasteiger partial charge on any atom is -0.493 e. The summed E-state index contributed by atoms with van der Waals surface area (Å²) in [5.74, 6) is -0.743. The van der Waals surface area contributed by atoms with Gasteiger partial charge in [-0.1, -0.05) is 55.7 Å². The van der Waals surface area contributed by atoms with Gasteiger partial charge in [0.05, 0.1) is 37.2 Å². The topological polar surface area (TPSA) is 128 Å². The zero-order chi connectivity index (χ0) is 37.4. The first-order valence-electron chi connectivity index (χ1n) is 18.2. The molecule has 2 heterocycles. The molecule has 2 aromatic heterocycles. The predicted molar refractivity (Wildman–Crippen MR) is 209 cm³/mol. The number of ether oxygens (including phenoxy) is 2. The van der Waals surface area contributed by atoms with Crippen LogP contribution in [0.15, 0.2) is 119 Å². The zero-order valence-electron chi connectivity index (χ0n) is 30.4. The van der Waals surface area contributed by atoms with E-state index in [0.29, 0.717) is 28.6 Å². The van der Waals surface area contributed by atoms with Crippen LogP contribution in [-0.4, -0.2) is 53.1 Å². The minimum atomic E-state index is -0.697. The van der Waals surface area contributed by atoms with Gasteiger partial charge in [0, 0.05) is 55.0 Å². The summed E-state index contributed by atoms with van der Waals surface area (Å²) in [6.45, 7) is 1.81. The fourth-order valence-corrected chi connectivity index (χ4v) is 7.05. The van der Waals surface area contributed by atoms with Crippen molar-refractivity contribution in [3.63, 3.8) is 0 Å². The number of aromatic nitrogens is 2. The van der Waals surface area contributed by atoms with Crippen LogP contribution >= 0.6 is 0 Å². The summed E-state index contributed by atoms with van der Waals surface area (Å²) in [6.07, 6.45) is 12.7. The van der Waals surface area contributed by atoms with Crippen molar-refractivity contribution in [2.45, 2.75) is 51.1 Å². The Balaban J connectivity index is 1.04. The highest BCUT2D eigenvalue weighted by Crippen LogP contribution is 2.34. The van der Waals surface area contributed by atoms with Crippen LogP contribution in [0.2, 0.25) is 0 Å². The molecular weight excluding hydrogens is 683 g/mol. The van der Waals surface area contributed by atoms with Crippen LogP contribution in [-0.2, 0) is 13.0 Å². The minimum absolute atomic E-state index is 0.134. The molecule has 1 aliphatic carbocycles. The Labute approximate surface area is 313 Å². The van der Waals surface area contributed by atoms with Crippen LogP contribution in [0.25, 0.3) is 16.7 Å². The van der Waals surface area contributed by atoms with E-state index < -0.39 is 11.8 Å². The van der Waals surface area contributed by atoms with Gasteiger partial charge in [-0.25, -0.2) is 4.98 Å². The van der Waals surface area contributed by atoms with Crippen molar-refractivity contribution in [2.75, 3.05) is 31.4 Å². The Bertz CT molecular complexity index is 2280. The standard InChI is InChI=1S/C43H43N5O6/c1-52-39-24-35(36(25-40(39)53-2)46-43(51)41-26-37(49)34-10-6-7-11-38(34)54-41)42(50)45-31-16-12-29(13-17-31)20-22-47(32-8-4-3-5-9-32)27-30-14-18-33(19-15-30)48-23-21-44-28-48/h6-7,10-19,21,23-26,28,32H,3-5,8-9,20,22,27H2,1-2H3,(H,45,50)(H,46,51). The van der Waals surface area contributed by atoms with Gasteiger partial charge in [-0.15, -0.1) is 0 Å². The van der Waals surface area contributed by atoms with Crippen molar-refractivity contribution in [1.29, 1.82) is 0 Å². The summed E-state index contributed by atoms with van der Waals surface area (Å²) in [4.78, 5) is 46.5. The summed E-state index contributed by atoms with van der Waals surface area (Å²) in [7, 11) is 2.93. The van der Waals surface area contributed by atoms with Gasteiger partial charge in [-0.05, 0) is 72.9 Å². The highest BCUT2D eigenvalue weighted by Gasteiger charge is 2.23. The molecule has 6 aromatic rings. The maximum absolute atomic E-state index is 13.7. The number of amides is 2. The Morgan fingerprint density at radius 2 is 1.57 bits per heavy atom. The lowest BCUT2D eigenvalue weighted by Crippen LogP contribution is -2.37. The summed E-state index contributed by atoms with van der Waals surface area (Å²) in [5.41, 5.74) is 4.36. The average molecular weight is 726 g/mol. The molecule has 2 amide bonds. The number of anilines is 2. The van der Waals surface area contributed by atoms with E-state index in [4.69, 9.17) is 13.9 Å². The molecule has 11 nitrogen and oxygen atoms in total. The van der Waals surface area contributed by atoms with Crippen LogP contribution in [0.4, 0.5) is 11.4 Å². The molecule has 1 fully saturated rings. The van der Waals surface area contributed by atoms with Gasteiger partial charge >= 0.3 is 0 Å². The second kappa shape index (κ2) is 16.6. The van der Waals surface area contributed by atoms with E-state index in [1.165, 1.54) is 69.6 Å². The Morgan fingerprint density at radius 3 is 2.30 bits per heavy atom. The third-order valence-electron chi connectivity index (χ3n) is 9.99. The molecule has 2 N–H and O–H groups in total. The number of nitrogens with zero attached hydrogens (tertiary/aromatic N) is 3. The first-order chi connectivity index (χ1) is 26.4. The van der Waals surface area contributed by atoms with Gasteiger partial charge in [-0.3, -0.25) is 19.3 Å². The van der Waals surface area contributed by atoms with E-state index in [2.05, 4.69) is 44.8 Å². The predicted octanol–water partition coefficient (Wildman–Crippen LogP) is 7.88. The Hall–Kier alpha value is -6.20. The van der Waals surface area contributed by atoms with Crippen LogP contribution in [0, 0.1) is 0 Å². The van der Waals surface area contributed by atoms with E-state index in [1.54, 1.807) is 30.5 Å². The van der Waals surface area contributed by atoms with Crippen molar-refractivity contribution in [2.24, 2.45) is 0 Å². The SMILES string of the molecule is COc1cc(NC(=O)c2cc(=O)c3ccccc3o2)c(C(=O)Nc2ccc(CCN(Cc3ccc(-n4ccnc4)cc3)C3CCCCC3)cc2)cc1OC. The van der Waals surface area contributed by atoms with Crippen LogP contribution < -0.4 is 25.5 Å². The van der Waals surface area contributed by atoms with E-state index in [9.17, 15) is 14.4 Å². The second-order valence-corrected chi connectivity index (χ2v) is 13.5. The molecule has 0 unspecified atom stereocenters. The number of hydrogen-bond acceptors (Lipinski definition) is 8. The number of carbonyl (C=O) groups excluding carboxylic acids is 2. The maximum atomic E-state index is 13.7. The summed E-state index contributed by atoms with van der Waals surface area (Å²) in [5, 5.41) is 6.04. The van der Waals surface area contributed by atoms with E-state index in [0.717, 1.165) is 31.3 Å². The molecule has 0 spiro atoms. The van der Waals surface area contributed by atoms with Gasteiger partial charge in [0.1, 0.15) is 5.58 Å². The number of fused-ring (bicyclic) bond motifs is 1. The second-order valence-electron chi connectivity index (χ2n) is 13.5. The molecule has 4 aromatic carbocycles. The Morgan fingerprint density at radius 1 is 0.852 bits per heavy atom. The zero-order valence-corrected chi connectivity index (χ0v) is 30.4. The third-order valence-corrected chi connectivity index (χ3v) is 9.99. The van der Waals surface area contributed by atoms with Crippen LogP contribution in [0.1, 0.15) is 64.1 Å². The van der Waals surface area contributed by atoms with Gasteiger partial charge in [0.25, 0.3) is 11.8 Å². The van der Waals surface area contributed by atoms with Gasteiger partial charge in [-0.2, -0.15) is 0 Å². The average Bonchev–Trinajstić information content (AvgIpc) is 3.76. The quantitative estimate of drug-likeness (QED) is 0.123. The molecule has 7 rings (SSSR count). The van der Waals surface area contributed by atoms with Crippen molar-refractivity contribution in [1.82, 2.24) is 14.5 Å². The largest absolute Gasteiger partial charge is 0.493 e. The first kappa shape index (κ1) is 36.2. The van der Waals surface area contributed by atoms with Crippen molar-refractivity contribution in [3.05, 3.63) is 142 Å². The first-order valence-corrected chi connectivity index (χ1v) is 18.2. The number of nitrogens with one attached hydrogen (secondary N) is 2. The lowest BCUT2D eigenvalue weighted by atomic mass is 9.93. The highest BCUT2D eigenvalue weighted by molar-refractivity contribution is 6.12. The number of rotatable bonds is 13. The molecule has 276 valence electrons. The molecule has 0 saturated heterocycles. The molecule has 0 radical (unpaired) electrons. The normalized spacial score (nSPS) is 13.2. The van der Waals surface area contributed by atoms with E-state index in [1.807, 2.05) is 41.4 Å². The molecule has 11 heteroatoms. The molecule has 0 atom stereocenters. The summed E-state index contributed by atoms with van der Waals surface area (Å²) >= 11 is 0. The van der Waals surface area contributed by atoms with Gasteiger partial charge in [0.2, 0.25) is 0 Å². The summed E-state index contributed by atoms with van der Waals surface area (Å²) < 4.78 is 18.6. The lowest BCUT2D eigenvalue weighted by Gasteiger charge is -2.34. The maximum Gasteiger partial charge on any atom is 0.291 e. The number of hydrogen-bond donors (Lipinski definition) is 2. The highest BCUT2D eigenvalue weighted by atomic mass is 16.5. The van der Waals surface area contributed by atoms with E-state index in [-0.39, 0.29) is 28.0 Å². The Kier molecular flexibility index (Phi) is 11.1. The smallest absolute Gasteiger partial charge is 0.291 e. The molecule has 0 aliphatic heterocycles. The number of para-hydroxylation sites is 1. The molecule has 54 heavy (non-hydrogen) atoms. The number of carbonyl (C=O) groups is 2. The third kappa shape index (κ3) is 8.37.